The fraction of sp³-hybridized carbons (Fsp3) is 0.150. The average molecular weight is 360 g/mol. The summed E-state index contributed by atoms with van der Waals surface area (Å²) in [6, 6.07) is 16.2. The third-order valence-electron chi connectivity index (χ3n) is 4.85. The smallest absolute Gasteiger partial charge is 0.226 e. The number of amides is 1. The van der Waals surface area contributed by atoms with Gasteiger partial charge in [0.25, 0.3) is 0 Å². The Hall–Kier alpha value is -2.99. The molecular formula is C20H16N4OS. The number of carbonyl (C=O) groups is 1. The van der Waals surface area contributed by atoms with Gasteiger partial charge in [-0.1, -0.05) is 47.7 Å². The third kappa shape index (κ3) is 2.34. The van der Waals surface area contributed by atoms with E-state index in [2.05, 4.69) is 34.5 Å². The van der Waals surface area contributed by atoms with E-state index < -0.39 is 0 Å². The molecule has 1 atom stereocenters. The molecule has 2 aromatic carbocycles. The van der Waals surface area contributed by atoms with Crippen LogP contribution in [0.15, 0.2) is 54.7 Å². The molecule has 0 fully saturated rings. The highest BCUT2D eigenvalue weighted by Gasteiger charge is 2.31. The zero-order valence-corrected chi connectivity index (χ0v) is 15.0. The normalized spacial score (nSPS) is 16.5. The topological polar surface area (TPSA) is 59.8 Å². The number of aromatic nitrogens is 3. The number of benzene rings is 2. The van der Waals surface area contributed by atoms with Gasteiger partial charge < -0.3 is 5.32 Å². The highest BCUT2D eigenvalue weighted by molar-refractivity contribution is 7.20. The molecule has 5 nitrogen and oxygen atoms in total. The van der Waals surface area contributed by atoms with Crippen LogP contribution in [0.1, 0.15) is 29.0 Å². The van der Waals surface area contributed by atoms with Gasteiger partial charge in [-0.2, -0.15) is 9.78 Å². The van der Waals surface area contributed by atoms with Gasteiger partial charge in [0.15, 0.2) is 0 Å². The summed E-state index contributed by atoms with van der Waals surface area (Å²) in [5.74, 6) is 0.755. The number of fused-ring (bicyclic) bond motifs is 2. The van der Waals surface area contributed by atoms with E-state index in [1.807, 2.05) is 42.6 Å². The maximum Gasteiger partial charge on any atom is 0.226 e. The number of hydrogen-bond acceptors (Lipinski definition) is 4. The number of thiazole rings is 1. The first-order valence-corrected chi connectivity index (χ1v) is 9.31. The van der Waals surface area contributed by atoms with E-state index >= 15 is 0 Å². The molecule has 1 N–H and O–H groups in total. The fourth-order valence-electron chi connectivity index (χ4n) is 3.57. The van der Waals surface area contributed by atoms with Gasteiger partial charge in [0.1, 0.15) is 5.82 Å². The van der Waals surface area contributed by atoms with Gasteiger partial charge in [0.05, 0.1) is 16.4 Å². The summed E-state index contributed by atoms with van der Waals surface area (Å²) in [5, 5.41) is 8.31. The molecule has 128 valence electrons. The lowest BCUT2D eigenvalue weighted by molar-refractivity contribution is -0.116. The predicted octanol–water partition coefficient (Wildman–Crippen LogP) is 4.26. The van der Waals surface area contributed by atoms with Gasteiger partial charge in [-0.15, -0.1) is 0 Å². The molecule has 1 aliphatic rings. The van der Waals surface area contributed by atoms with Crippen molar-refractivity contribution in [2.75, 3.05) is 5.32 Å². The number of nitrogens with zero attached hydrogens (tertiary/aromatic N) is 3. The number of anilines is 1. The van der Waals surface area contributed by atoms with Crippen molar-refractivity contribution in [1.82, 2.24) is 14.8 Å². The van der Waals surface area contributed by atoms with Crippen LogP contribution < -0.4 is 5.32 Å². The largest absolute Gasteiger partial charge is 0.310 e. The van der Waals surface area contributed by atoms with Crippen LogP contribution in [-0.2, 0) is 4.79 Å². The first-order chi connectivity index (χ1) is 12.7. The predicted molar refractivity (Wildman–Crippen MR) is 103 cm³/mol. The number of nitrogens with one attached hydrogen (secondary N) is 1. The molecular weight excluding hydrogens is 344 g/mol. The molecule has 1 amide bonds. The van der Waals surface area contributed by atoms with E-state index in [0.29, 0.717) is 6.42 Å². The molecule has 3 heterocycles. The lowest BCUT2D eigenvalue weighted by atomic mass is 9.85. The van der Waals surface area contributed by atoms with Crippen molar-refractivity contribution < 1.29 is 4.79 Å². The van der Waals surface area contributed by atoms with Crippen LogP contribution in [0.3, 0.4) is 0 Å². The van der Waals surface area contributed by atoms with Crippen molar-refractivity contribution in [3.63, 3.8) is 0 Å². The third-order valence-corrected chi connectivity index (χ3v) is 5.86. The molecule has 0 radical (unpaired) electrons. The highest BCUT2D eigenvalue weighted by Crippen LogP contribution is 2.39. The van der Waals surface area contributed by atoms with Crippen molar-refractivity contribution in [2.45, 2.75) is 19.3 Å². The summed E-state index contributed by atoms with van der Waals surface area (Å²) in [7, 11) is 0. The Morgan fingerprint density at radius 1 is 1.12 bits per heavy atom. The zero-order valence-electron chi connectivity index (χ0n) is 14.1. The van der Waals surface area contributed by atoms with Crippen LogP contribution in [0.25, 0.3) is 15.3 Å². The standard InChI is InChI=1S/C20H16N4OS/c1-12-6-2-3-7-13(12)14-10-18(25)23-19-15(14)11-21-24(19)20-22-16-8-4-5-9-17(16)26-20/h2-9,11,14H,10H2,1H3,(H,23,25)/t14-/m1/s1. The van der Waals surface area contributed by atoms with Gasteiger partial charge in [-0.05, 0) is 30.2 Å². The number of rotatable bonds is 2. The minimum atomic E-state index is 0.00798. The Morgan fingerprint density at radius 3 is 2.77 bits per heavy atom. The Balaban J connectivity index is 1.66. The van der Waals surface area contributed by atoms with Crippen molar-refractivity contribution in [2.24, 2.45) is 0 Å². The lowest BCUT2D eigenvalue weighted by Gasteiger charge is -2.24. The Kier molecular flexibility index (Phi) is 3.39. The lowest BCUT2D eigenvalue weighted by Crippen LogP contribution is -2.24. The molecule has 4 aromatic rings. The first-order valence-electron chi connectivity index (χ1n) is 8.50. The number of hydrogen-bond donors (Lipinski definition) is 1. The molecule has 5 rings (SSSR count). The van der Waals surface area contributed by atoms with E-state index in [-0.39, 0.29) is 11.8 Å². The SMILES string of the molecule is Cc1ccccc1[C@H]1CC(=O)Nc2c1cnn2-c1nc2ccccc2s1. The monoisotopic (exact) mass is 360 g/mol. The fourth-order valence-corrected chi connectivity index (χ4v) is 4.50. The van der Waals surface area contributed by atoms with Crippen LogP contribution in [0.4, 0.5) is 5.82 Å². The van der Waals surface area contributed by atoms with E-state index in [9.17, 15) is 4.79 Å². The van der Waals surface area contributed by atoms with Crippen molar-refractivity contribution in [1.29, 1.82) is 0 Å². The zero-order chi connectivity index (χ0) is 17.7. The second kappa shape index (κ2) is 5.78. The van der Waals surface area contributed by atoms with Gasteiger partial charge in [0.2, 0.25) is 11.0 Å². The van der Waals surface area contributed by atoms with E-state index in [4.69, 9.17) is 0 Å². The summed E-state index contributed by atoms with van der Waals surface area (Å²) in [4.78, 5) is 17.1. The van der Waals surface area contributed by atoms with Gasteiger partial charge in [-0.3, -0.25) is 4.79 Å². The molecule has 2 aromatic heterocycles. The summed E-state index contributed by atoms with van der Waals surface area (Å²) in [5.41, 5.74) is 4.34. The minimum Gasteiger partial charge on any atom is -0.310 e. The first kappa shape index (κ1) is 15.3. The quantitative estimate of drug-likeness (QED) is 0.581. The van der Waals surface area contributed by atoms with Crippen molar-refractivity contribution in [3.05, 3.63) is 71.4 Å². The molecule has 0 unspecified atom stereocenters. The molecule has 0 aliphatic carbocycles. The van der Waals surface area contributed by atoms with Crippen LogP contribution >= 0.6 is 11.3 Å². The van der Waals surface area contributed by atoms with Crippen molar-refractivity contribution in [3.8, 4) is 5.13 Å². The van der Waals surface area contributed by atoms with Gasteiger partial charge >= 0.3 is 0 Å². The Morgan fingerprint density at radius 2 is 1.92 bits per heavy atom. The maximum absolute atomic E-state index is 12.4. The molecule has 0 saturated carbocycles. The second-order valence-corrected chi connectivity index (χ2v) is 7.50. The van der Waals surface area contributed by atoms with Crippen LogP contribution in [0.2, 0.25) is 0 Å². The molecule has 0 spiro atoms. The average Bonchev–Trinajstić information content (AvgIpc) is 3.25. The Bertz CT molecular complexity index is 1110. The summed E-state index contributed by atoms with van der Waals surface area (Å²) < 4.78 is 2.85. The summed E-state index contributed by atoms with van der Waals surface area (Å²) in [6.07, 6.45) is 2.29. The molecule has 0 saturated heterocycles. The van der Waals surface area contributed by atoms with Gasteiger partial charge in [-0.25, -0.2) is 4.98 Å². The molecule has 6 heteroatoms. The van der Waals surface area contributed by atoms with Crippen LogP contribution in [0.5, 0.6) is 0 Å². The van der Waals surface area contributed by atoms with Crippen LogP contribution in [0, 0.1) is 6.92 Å². The summed E-state index contributed by atoms with van der Waals surface area (Å²) in [6.45, 7) is 2.08. The number of carbonyl (C=O) groups excluding carboxylic acids is 1. The number of para-hydroxylation sites is 1. The highest BCUT2D eigenvalue weighted by atomic mass is 32.1. The number of aryl methyl sites for hydroxylation is 1. The van der Waals surface area contributed by atoms with E-state index in [0.717, 1.165) is 26.7 Å². The van der Waals surface area contributed by atoms with E-state index in [1.54, 1.807) is 16.0 Å². The minimum absolute atomic E-state index is 0.00798. The van der Waals surface area contributed by atoms with Crippen LogP contribution in [-0.4, -0.2) is 20.7 Å². The Labute approximate surface area is 154 Å². The summed E-state index contributed by atoms with van der Waals surface area (Å²) >= 11 is 1.57. The van der Waals surface area contributed by atoms with Crippen molar-refractivity contribution >= 4 is 33.3 Å². The van der Waals surface area contributed by atoms with E-state index in [1.165, 1.54) is 11.1 Å². The maximum atomic E-state index is 12.4. The van der Waals surface area contributed by atoms with Gasteiger partial charge in [0, 0.05) is 17.9 Å². The molecule has 26 heavy (non-hydrogen) atoms. The molecule has 0 bridgehead atoms. The molecule has 1 aliphatic heterocycles. The second-order valence-electron chi connectivity index (χ2n) is 6.49.